The van der Waals surface area contributed by atoms with Gasteiger partial charge >= 0.3 is 0 Å². The Morgan fingerprint density at radius 3 is 2.10 bits per heavy atom. The number of halogens is 3. The quantitative estimate of drug-likeness (QED) is 0.647. The second-order valence-electron chi connectivity index (χ2n) is 1.50. The van der Waals surface area contributed by atoms with Gasteiger partial charge in [0.1, 0.15) is 0 Å². The number of nitrogen functional groups attached to an aromatic ring is 1. The zero-order chi connectivity index (χ0) is 7.78. The van der Waals surface area contributed by atoms with Crippen molar-refractivity contribution in [3.8, 4) is 0 Å². The zero-order valence-electron chi connectivity index (χ0n) is 4.51. The molecule has 1 rings (SSSR count). The van der Waals surface area contributed by atoms with Gasteiger partial charge in [-0.2, -0.15) is 0 Å². The average molecular weight is 202 g/mol. The predicted molar refractivity (Wildman–Crippen MR) is 37.9 cm³/mol. The van der Waals surface area contributed by atoms with Crippen LogP contribution in [0.5, 0.6) is 0 Å². The number of aromatic nitrogens is 2. The van der Waals surface area contributed by atoms with Crippen LogP contribution in [0.3, 0.4) is 0 Å². The summed E-state index contributed by atoms with van der Waals surface area (Å²) in [6, 6.07) is 0. The Bertz CT molecular complexity index is 229. The number of anilines is 1. The SMILES string of the molecule is Nc1nonc1C(Cl)(Cl)Cl. The number of nitrogens with zero attached hydrogens (tertiary/aromatic N) is 2. The average Bonchev–Trinajstić information content (AvgIpc) is 2.11. The van der Waals surface area contributed by atoms with Crippen molar-refractivity contribution in [2.75, 3.05) is 5.73 Å². The topological polar surface area (TPSA) is 64.9 Å². The molecule has 10 heavy (non-hydrogen) atoms. The van der Waals surface area contributed by atoms with Crippen LogP contribution in [-0.2, 0) is 3.79 Å². The number of hydrogen-bond acceptors (Lipinski definition) is 4. The first-order valence-electron chi connectivity index (χ1n) is 2.17. The molecule has 0 spiro atoms. The van der Waals surface area contributed by atoms with Crippen LogP contribution in [0.2, 0.25) is 0 Å². The molecule has 1 aromatic heterocycles. The van der Waals surface area contributed by atoms with Gasteiger partial charge in [-0.3, -0.25) is 0 Å². The van der Waals surface area contributed by atoms with Gasteiger partial charge < -0.3 is 5.73 Å². The highest BCUT2D eigenvalue weighted by molar-refractivity contribution is 6.66. The Kier molecular flexibility index (Phi) is 1.94. The molecule has 0 aromatic carbocycles. The third kappa shape index (κ3) is 1.45. The molecule has 0 saturated heterocycles. The molecule has 0 radical (unpaired) electrons. The molecule has 4 nitrogen and oxygen atoms in total. The van der Waals surface area contributed by atoms with Crippen molar-refractivity contribution in [1.29, 1.82) is 0 Å². The van der Waals surface area contributed by atoms with E-state index in [9.17, 15) is 0 Å². The van der Waals surface area contributed by atoms with Gasteiger partial charge in [-0.15, -0.1) is 0 Å². The van der Waals surface area contributed by atoms with Crippen molar-refractivity contribution in [1.82, 2.24) is 10.3 Å². The fourth-order valence-electron chi connectivity index (χ4n) is 0.392. The fourth-order valence-corrected chi connectivity index (χ4v) is 0.786. The Morgan fingerprint density at radius 1 is 1.30 bits per heavy atom. The molecule has 1 heterocycles. The molecule has 0 saturated carbocycles. The molecule has 0 bridgehead atoms. The summed E-state index contributed by atoms with van der Waals surface area (Å²) in [6.07, 6.45) is 0. The summed E-state index contributed by atoms with van der Waals surface area (Å²) in [5.74, 6) is -0.0139. The Balaban J connectivity index is 3.05. The molecule has 0 amide bonds. The molecule has 1 aromatic rings. The van der Waals surface area contributed by atoms with Gasteiger partial charge in [0.2, 0.25) is 3.79 Å². The van der Waals surface area contributed by atoms with Crippen LogP contribution in [0.4, 0.5) is 5.82 Å². The molecule has 0 aliphatic rings. The van der Waals surface area contributed by atoms with Gasteiger partial charge in [0, 0.05) is 0 Å². The first kappa shape index (κ1) is 7.91. The van der Waals surface area contributed by atoms with E-state index >= 15 is 0 Å². The highest BCUT2D eigenvalue weighted by Gasteiger charge is 2.30. The molecule has 0 aliphatic heterocycles. The summed E-state index contributed by atoms with van der Waals surface area (Å²) in [7, 11) is 0. The number of rotatable bonds is 0. The van der Waals surface area contributed by atoms with E-state index in [0.717, 1.165) is 0 Å². The fraction of sp³-hybridized carbons (Fsp3) is 0.333. The van der Waals surface area contributed by atoms with Gasteiger partial charge in [-0.05, 0) is 10.3 Å². The second-order valence-corrected chi connectivity index (χ2v) is 3.78. The van der Waals surface area contributed by atoms with E-state index in [0.29, 0.717) is 0 Å². The largest absolute Gasteiger partial charge is 0.379 e. The normalized spacial score (nSPS) is 11.9. The molecule has 0 fully saturated rings. The minimum atomic E-state index is -1.66. The molecule has 0 aliphatic carbocycles. The van der Waals surface area contributed by atoms with Crippen LogP contribution < -0.4 is 5.73 Å². The van der Waals surface area contributed by atoms with Crippen LogP contribution in [0, 0.1) is 0 Å². The standard InChI is InChI=1S/C3H2Cl3N3O/c4-3(5,6)1-2(7)9-10-8-1/h(H2,7,9). The molecule has 2 N–H and O–H groups in total. The molecule has 0 unspecified atom stereocenters. The maximum atomic E-state index is 5.39. The van der Waals surface area contributed by atoms with Gasteiger partial charge in [-0.25, -0.2) is 4.63 Å². The van der Waals surface area contributed by atoms with Crippen molar-refractivity contribution in [3.05, 3.63) is 5.69 Å². The molecule has 56 valence electrons. The summed E-state index contributed by atoms with van der Waals surface area (Å²) in [5, 5.41) is 6.50. The Hall–Kier alpha value is -0.190. The smallest absolute Gasteiger partial charge is 0.239 e. The van der Waals surface area contributed by atoms with Crippen LogP contribution in [0.15, 0.2) is 4.63 Å². The van der Waals surface area contributed by atoms with Crippen LogP contribution in [0.1, 0.15) is 5.69 Å². The monoisotopic (exact) mass is 201 g/mol. The van der Waals surface area contributed by atoms with E-state index in [1.807, 2.05) is 0 Å². The third-order valence-electron chi connectivity index (χ3n) is 0.782. The van der Waals surface area contributed by atoms with Gasteiger partial charge in [0.15, 0.2) is 11.5 Å². The Morgan fingerprint density at radius 2 is 1.90 bits per heavy atom. The minimum Gasteiger partial charge on any atom is -0.379 e. The zero-order valence-corrected chi connectivity index (χ0v) is 6.78. The minimum absolute atomic E-state index is 0.0116. The summed E-state index contributed by atoms with van der Waals surface area (Å²) in [5.41, 5.74) is 5.22. The lowest BCUT2D eigenvalue weighted by Gasteiger charge is -2.03. The number of nitrogens with two attached hydrogens (primary N) is 1. The van der Waals surface area contributed by atoms with Gasteiger partial charge in [0.25, 0.3) is 0 Å². The van der Waals surface area contributed by atoms with Gasteiger partial charge in [-0.1, -0.05) is 34.8 Å². The molecular weight excluding hydrogens is 200 g/mol. The van der Waals surface area contributed by atoms with E-state index in [4.69, 9.17) is 40.5 Å². The third-order valence-corrected chi connectivity index (χ3v) is 1.32. The van der Waals surface area contributed by atoms with Crippen LogP contribution in [0.25, 0.3) is 0 Å². The van der Waals surface area contributed by atoms with Crippen LogP contribution >= 0.6 is 34.8 Å². The van der Waals surface area contributed by atoms with Crippen molar-refractivity contribution in [3.63, 3.8) is 0 Å². The lowest BCUT2D eigenvalue weighted by Crippen LogP contribution is -2.04. The van der Waals surface area contributed by atoms with Crippen molar-refractivity contribution in [2.24, 2.45) is 0 Å². The summed E-state index contributed by atoms with van der Waals surface area (Å²) in [4.78, 5) is 0. The molecule has 7 heteroatoms. The van der Waals surface area contributed by atoms with E-state index in [1.165, 1.54) is 0 Å². The first-order valence-corrected chi connectivity index (χ1v) is 3.30. The summed E-state index contributed by atoms with van der Waals surface area (Å²) in [6.45, 7) is 0. The van der Waals surface area contributed by atoms with Crippen molar-refractivity contribution >= 4 is 40.6 Å². The second kappa shape index (κ2) is 2.45. The maximum absolute atomic E-state index is 5.39. The van der Waals surface area contributed by atoms with E-state index in [2.05, 4.69) is 14.9 Å². The predicted octanol–water partition coefficient (Wildman–Crippen LogP) is 1.48. The lowest BCUT2D eigenvalue weighted by molar-refractivity contribution is 0.305. The van der Waals surface area contributed by atoms with E-state index in [-0.39, 0.29) is 11.5 Å². The van der Waals surface area contributed by atoms with Gasteiger partial charge in [0.05, 0.1) is 0 Å². The van der Waals surface area contributed by atoms with E-state index < -0.39 is 3.79 Å². The maximum Gasteiger partial charge on any atom is 0.239 e. The van der Waals surface area contributed by atoms with Crippen LogP contribution in [-0.4, -0.2) is 10.3 Å². The highest BCUT2D eigenvalue weighted by Crippen LogP contribution is 2.38. The molecular formula is C3H2Cl3N3O. The Labute approximate surface area is 71.2 Å². The number of hydrogen-bond donors (Lipinski definition) is 1. The highest BCUT2D eigenvalue weighted by atomic mass is 35.6. The first-order chi connectivity index (χ1) is 4.52. The van der Waals surface area contributed by atoms with Crippen molar-refractivity contribution in [2.45, 2.75) is 3.79 Å². The number of alkyl halides is 3. The van der Waals surface area contributed by atoms with Crippen molar-refractivity contribution < 1.29 is 4.63 Å². The molecule has 0 atom stereocenters. The summed E-state index contributed by atoms with van der Waals surface area (Å²) < 4.78 is 2.53. The lowest BCUT2D eigenvalue weighted by atomic mass is 10.5. The van der Waals surface area contributed by atoms with E-state index in [1.54, 1.807) is 0 Å². The summed E-state index contributed by atoms with van der Waals surface area (Å²) >= 11 is 16.2.